The van der Waals surface area contributed by atoms with E-state index in [4.69, 9.17) is 9.92 Å². The zero-order valence-electron chi connectivity index (χ0n) is 10.3. The Morgan fingerprint density at radius 1 is 1.44 bits per heavy atom. The van der Waals surface area contributed by atoms with E-state index in [1.165, 1.54) is 12.1 Å². The van der Waals surface area contributed by atoms with E-state index in [0.717, 1.165) is 5.56 Å². The van der Waals surface area contributed by atoms with Crippen molar-refractivity contribution in [3.63, 3.8) is 0 Å². The Balaban J connectivity index is 0. The van der Waals surface area contributed by atoms with Gasteiger partial charge in [0.2, 0.25) is 0 Å². The number of thiol groups is 1. The summed E-state index contributed by atoms with van der Waals surface area (Å²) in [6, 6.07) is 6.38. The molecule has 0 fully saturated rings. The molecule has 0 aliphatic carbocycles. The molecule has 1 aromatic carbocycles. The number of hydrogen-bond donors (Lipinski definition) is 2. The van der Waals surface area contributed by atoms with Crippen molar-refractivity contribution in [1.82, 2.24) is 0 Å². The predicted molar refractivity (Wildman–Crippen MR) is 62.4 cm³/mol. The fraction of sp³-hybridized carbons (Fsp3) is 0.333. The van der Waals surface area contributed by atoms with Crippen LogP contribution in [0.2, 0.25) is 0 Å². The van der Waals surface area contributed by atoms with E-state index in [-0.39, 0.29) is 42.4 Å². The summed E-state index contributed by atoms with van der Waals surface area (Å²) in [5.41, 5.74) is 5.39. The minimum absolute atomic E-state index is 0. The number of aryl methyl sites for hydroxylation is 1. The van der Waals surface area contributed by atoms with Gasteiger partial charge in [-0.25, -0.2) is 0 Å². The van der Waals surface area contributed by atoms with Crippen LogP contribution in [0.5, 0.6) is 0 Å². The first-order valence-corrected chi connectivity index (χ1v) is 6.26. The van der Waals surface area contributed by atoms with E-state index in [1.54, 1.807) is 12.1 Å². The monoisotopic (exact) mass is 271 g/mol. The van der Waals surface area contributed by atoms with Gasteiger partial charge in [0.1, 0.15) is 5.44 Å². The molecule has 0 aliphatic heterocycles. The molecule has 0 radical (unpaired) electrons. The summed E-state index contributed by atoms with van der Waals surface area (Å²) in [6.07, 6.45) is 0. The van der Waals surface area contributed by atoms with Gasteiger partial charge in [0.15, 0.2) is 0 Å². The smallest absolute Gasteiger partial charge is 1.00 e. The molecule has 0 saturated carbocycles. The summed E-state index contributed by atoms with van der Waals surface area (Å²) in [5, 5.41) is 0. The van der Waals surface area contributed by atoms with Crippen LogP contribution in [0.25, 0.3) is 0 Å². The van der Waals surface area contributed by atoms with Crippen molar-refractivity contribution in [2.45, 2.75) is 17.3 Å². The molecule has 1 rings (SSSR count). The Morgan fingerprint density at radius 3 is 2.38 bits per heavy atom. The van der Waals surface area contributed by atoms with Gasteiger partial charge < -0.3 is 7.16 Å². The Labute approximate surface area is 125 Å². The molecule has 0 aliphatic rings. The van der Waals surface area contributed by atoms with Crippen molar-refractivity contribution in [2.24, 2.45) is 5.73 Å². The largest absolute Gasteiger partial charge is 1.00 e. The van der Waals surface area contributed by atoms with Crippen LogP contribution in [0.4, 0.5) is 0 Å². The van der Waals surface area contributed by atoms with Crippen LogP contribution in [0.15, 0.2) is 29.2 Å². The first-order valence-electron chi connectivity index (χ1n) is 4.34. The van der Waals surface area contributed by atoms with E-state index in [0.29, 0.717) is 0 Å². The second-order valence-electron chi connectivity index (χ2n) is 3.05. The molecule has 7 heteroatoms. The number of hydrogen-bond acceptors (Lipinski definition) is 5. The van der Waals surface area contributed by atoms with Crippen molar-refractivity contribution >= 4 is 22.7 Å². The third-order valence-corrected chi connectivity index (χ3v) is 3.54. The third kappa shape index (κ3) is 4.75. The van der Waals surface area contributed by atoms with Crippen LogP contribution < -0.4 is 35.3 Å². The number of benzene rings is 1. The van der Waals surface area contributed by atoms with Gasteiger partial charge >= 0.3 is 29.6 Å². The molecule has 16 heavy (non-hydrogen) atoms. The molecule has 0 saturated heterocycles. The minimum atomic E-state index is -3.74. The Kier molecular flexibility index (Phi) is 7.20. The fourth-order valence-electron chi connectivity index (χ4n) is 0.946. The first-order chi connectivity index (χ1) is 6.95. The second-order valence-corrected chi connectivity index (χ2v) is 5.20. The summed E-state index contributed by atoms with van der Waals surface area (Å²) < 4.78 is 27.9. The maximum absolute atomic E-state index is 11.6. The van der Waals surface area contributed by atoms with E-state index < -0.39 is 15.6 Å². The van der Waals surface area contributed by atoms with Crippen LogP contribution >= 0.6 is 12.6 Å². The van der Waals surface area contributed by atoms with Crippen molar-refractivity contribution in [1.29, 1.82) is 0 Å². The molecule has 1 unspecified atom stereocenters. The average Bonchev–Trinajstić information content (AvgIpc) is 2.17. The van der Waals surface area contributed by atoms with E-state index >= 15 is 0 Å². The number of nitrogens with two attached hydrogens (primary N) is 1. The minimum Gasteiger partial charge on any atom is -1.00 e. The van der Waals surface area contributed by atoms with Crippen molar-refractivity contribution in [3.8, 4) is 0 Å². The molecule has 86 valence electrons. The van der Waals surface area contributed by atoms with E-state index in [9.17, 15) is 8.42 Å². The normalized spacial score (nSPS) is 12.9. The average molecular weight is 271 g/mol. The van der Waals surface area contributed by atoms with Gasteiger partial charge in [0.05, 0.1) is 4.90 Å². The van der Waals surface area contributed by atoms with Crippen LogP contribution in [-0.2, 0) is 14.3 Å². The molecule has 1 aromatic rings. The fourth-order valence-corrected chi connectivity index (χ4v) is 2.24. The van der Waals surface area contributed by atoms with Gasteiger partial charge in [-0.15, -0.1) is 12.6 Å². The molecule has 0 spiro atoms. The Morgan fingerprint density at radius 2 is 1.94 bits per heavy atom. The zero-order valence-corrected chi connectivity index (χ0v) is 13.0. The van der Waals surface area contributed by atoms with Gasteiger partial charge in [0.25, 0.3) is 10.1 Å². The summed E-state index contributed by atoms with van der Waals surface area (Å²) in [6.45, 7) is 1.91. The van der Waals surface area contributed by atoms with Crippen LogP contribution in [0.1, 0.15) is 6.99 Å². The molecule has 0 amide bonds. The quantitative estimate of drug-likeness (QED) is 0.288. The topological polar surface area (TPSA) is 69.4 Å². The van der Waals surface area contributed by atoms with Crippen molar-refractivity contribution in [2.75, 3.05) is 6.54 Å². The van der Waals surface area contributed by atoms with Gasteiger partial charge in [-0.1, -0.05) is 17.7 Å². The summed E-state index contributed by atoms with van der Waals surface area (Å²) >= 11 is 3.87. The second kappa shape index (κ2) is 7.00. The van der Waals surface area contributed by atoms with Crippen molar-refractivity contribution < 1.29 is 43.6 Å². The molecule has 2 N–H and O–H groups in total. The first kappa shape index (κ1) is 16.4. The summed E-state index contributed by atoms with van der Waals surface area (Å²) in [4.78, 5) is 0.112. The van der Waals surface area contributed by atoms with Crippen molar-refractivity contribution in [3.05, 3.63) is 29.8 Å². The maximum atomic E-state index is 11.6. The molecular formula is C9H14NNaO3S2. The van der Waals surface area contributed by atoms with Gasteiger partial charge in [-0.05, 0) is 19.1 Å². The van der Waals surface area contributed by atoms with Crippen LogP contribution in [-0.4, -0.2) is 20.4 Å². The molecule has 0 bridgehead atoms. The molecule has 0 heterocycles. The van der Waals surface area contributed by atoms with E-state index in [2.05, 4.69) is 12.6 Å². The third-order valence-electron chi connectivity index (χ3n) is 1.75. The molecule has 0 aromatic heterocycles. The molecule has 1 atom stereocenters. The summed E-state index contributed by atoms with van der Waals surface area (Å²) in [5.74, 6) is 0. The van der Waals surface area contributed by atoms with Crippen LogP contribution in [0.3, 0.4) is 0 Å². The number of rotatable bonds is 4. The molecular weight excluding hydrogens is 257 g/mol. The summed E-state index contributed by atoms with van der Waals surface area (Å²) in [7, 11) is -3.74. The van der Waals surface area contributed by atoms with Crippen LogP contribution in [0, 0.1) is 6.92 Å². The van der Waals surface area contributed by atoms with E-state index in [1.807, 2.05) is 6.92 Å². The Bertz CT molecular complexity index is 424. The standard InChI is InChI=1S/C9H13NO3S2.Na.H/c1-7-2-4-8(5-3-7)15(11,12)13-9(14)6-10;;/h2-5,9,14H,6,10H2,1H3;;/q;+1;-1. The van der Waals surface area contributed by atoms with Gasteiger partial charge in [0, 0.05) is 6.54 Å². The maximum Gasteiger partial charge on any atom is 1.00 e. The zero-order chi connectivity index (χ0) is 11.5. The van der Waals surface area contributed by atoms with Gasteiger partial charge in [-0.3, -0.25) is 4.18 Å². The predicted octanol–water partition coefficient (Wildman–Crippen LogP) is -1.97. The SMILES string of the molecule is Cc1ccc(S(=O)(=O)OC(S)CN)cc1.[H-].[Na+]. The van der Waals surface area contributed by atoms with Gasteiger partial charge in [-0.2, -0.15) is 8.42 Å². The molecule has 4 nitrogen and oxygen atoms in total. The Hall–Kier alpha value is 0.440.